The molecule has 0 spiro atoms. The molecule has 3 fully saturated rings. The number of hydrogen-bond acceptors (Lipinski definition) is 2. The summed E-state index contributed by atoms with van der Waals surface area (Å²) in [5.74, 6) is 0.970. The molecule has 2 nitrogen and oxygen atoms in total. The molecule has 2 heterocycles. The van der Waals surface area contributed by atoms with Crippen molar-refractivity contribution in [2.24, 2.45) is 11.7 Å². The highest BCUT2D eigenvalue weighted by atomic mass is 15.2. The fourth-order valence-electron chi connectivity index (χ4n) is 3.19. The molecule has 3 aliphatic rings. The molecule has 1 atom stereocenters. The Morgan fingerprint density at radius 1 is 1.29 bits per heavy atom. The van der Waals surface area contributed by atoms with E-state index < -0.39 is 0 Å². The molecule has 1 aliphatic carbocycles. The molecular weight excluding hydrogens is 172 g/mol. The molecule has 0 amide bonds. The van der Waals surface area contributed by atoms with Crippen LogP contribution in [0.2, 0.25) is 0 Å². The monoisotopic (exact) mass is 196 g/mol. The molecule has 14 heavy (non-hydrogen) atoms. The van der Waals surface area contributed by atoms with E-state index >= 15 is 0 Å². The minimum absolute atomic E-state index is 0.268. The zero-order valence-electron chi connectivity index (χ0n) is 9.63. The van der Waals surface area contributed by atoms with Gasteiger partial charge in [-0.1, -0.05) is 6.92 Å². The number of fused-ring (bicyclic) bond motifs is 3. The lowest BCUT2D eigenvalue weighted by Crippen LogP contribution is -2.61. The summed E-state index contributed by atoms with van der Waals surface area (Å²) < 4.78 is 0. The van der Waals surface area contributed by atoms with Crippen LogP contribution in [0.15, 0.2) is 0 Å². The van der Waals surface area contributed by atoms with Crippen LogP contribution < -0.4 is 5.73 Å². The van der Waals surface area contributed by atoms with Gasteiger partial charge in [0.2, 0.25) is 0 Å². The Bertz CT molecular complexity index is 190. The standard InChI is InChI=1S/C12H24N2/c1-3-12(2,9-13)14-8-10-4-6-11(14)7-5-10/h10-11H,3-9,13H2,1-2H3. The summed E-state index contributed by atoms with van der Waals surface area (Å²) in [6.07, 6.45) is 6.95. The second-order valence-electron chi connectivity index (χ2n) is 5.38. The summed E-state index contributed by atoms with van der Waals surface area (Å²) in [6, 6.07) is 0.841. The molecular formula is C12H24N2. The highest BCUT2D eigenvalue weighted by molar-refractivity contribution is 4.97. The van der Waals surface area contributed by atoms with E-state index in [1.807, 2.05) is 0 Å². The van der Waals surface area contributed by atoms with E-state index in [1.54, 1.807) is 0 Å². The maximum atomic E-state index is 5.94. The molecule has 3 rings (SSSR count). The topological polar surface area (TPSA) is 29.3 Å². The average molecular weight is 196 g/mol. The van der Waals surface area contributed by atoms with Gasteiger partial charge in [0.25, 0.3) is 0 Å². The summed E-state index contributed by atoms with van der Waals surface area (Å²) >= 11 is 0. The highest BCUT2D eigenvalue weighted by Crippen LogP contribution is 2.39. The SMILES string of the molecule is CCC(C)(CN)N1CC2CCC1CC2. The van der Waals surface area contributed by atoms with Crippen LogP contribution in [0.5, 0.6) is 0 Å². The molecule has 0 aromatic heterocycles. The molecule has 0 aromatic rings. The Hall–Kier alpha value is -0.0800. The second kappa shape index (κ2) is 3.82. The molecule has 2 saturated heterocycles. The third kappa shape index (κ3) is 1.59. The van der Waals surface area contributed by atoms with E-state index in [4.69, 9.17) is 5.73 Å². The van der Waals surface area contributed by atoms with Crippen molar-refractivity contribution in [1.29, 1.82) is 0 Å². The van der Waals surface area contributed by atoms with E-state index in [0.717, 1.165) is 18.5 Å². The Morgan fingerprint density at radius 2 is 1.93 bits per heavy atom. The maximum absolute atomic E-state index is 5.94. The van der Waals surface area contributed by atoms with Gasteiger partial charge in [-0.3, -0.25) is 4.90 Å². The van der Waals surface area contributed by atoms with Gasteiger partial charge in [0.05, 0.1) is 0 Å². The molecule has 1 unspecified atom stereocenters. The summed E-state index contributed by atoms with van der Waals surface area (Å²) in [5.41, 5.74) is 6.21. The van der Waals surface area contributed by atoms with Crippen molar-refractivity contribution in [3.63, 3.8) is 0 Å². The number of hydrogen-bond donors (Lipinski definition) is 1. The third-order valence-electron chi connectivity index (χ3n) is 4.61. The summed E-state index contributed by atoms with van der Waals surface area (Å²) in [7, 11) is 0. The lowest BCUT2D eigenvalue weighted by molar-refractivity contribution is -0.0303. The first-order valence-electron chi connectivity index (χ1n) is 6.16. The van der Waals surface area contributed by atoms with Crippen molar-refractivity contribution in [3.8, 4) is 0 Å². The van der Waals surface area contributed by atoms with Crippen LogP contribution in [-0.2, 0) is 0 Å². The van der Waals surface area contributed by atoms with Gasteiger partial charge in [0, 0.05) is 24.7 Å². The van der Waals surface area contributed by atoms with E-state index in [2.05, 4.69) is 18.7 Å². The van der Waals surface area contributed by atoms with Gasteiger partial charge in [0.15, 0.2) is 0 Å². The van der Waals surface area contributed by atoms with Crippen LogP contribution >= 0.6 is 0 Å². The Kier molecular flexibility index (Phi) is 2.85. The summed E-state index contributed by atoms with van der Waals surface area (Å²) in [4.78, 5) is 2.71. The Balaban J connectivity index is 2.10. The minimum atomic E-state index is 0.268. The number of piperidine rings is 2. The van der Waals surface area contributed by atoms with Crippen molar-refractivity contribution in [3.05, 3.63) is 0 Å². The average Bonchev–Trinajstić information content (AvgIpc) is 2.29. The summed E-state index contributed by atoms with van der Waals surface area (Å²) in [6.45, 7) is 6.74. The Morgan fingerprint density at radius 3 is 2.29 bits per heavy atom. The van der Waals surface area contributed by atoms with Gasteiger partial charge in [-0.15, -0.1) is 0 Å². The van der Waals surface area contributed by atoms with Crippen molar-refractivity contribution in [2.75, 3.05) is 13.1 Å². The van der Waals surface area contributed by atoms with Crippen molar-refractivity contribution in [2.45, 2.75) is 57.5 Å². The fourth-order valence-corrected chi connectivity index (χ4v) is 3.19. The van der Waals surface area contributed by atoms with E-state index in [1.165, 1.54) is 38.6 Å². The van der Waals surface area contributed by atoms with Gasteiger partial charge < -0.3 is 5.73 Å². The Labute approximate surface area is 87.8 Å². The van der Waals surface area contributed by atoms with Gasteiger partial charge in [-0.2, -0.15) is 0 Å². The molecule has 2 N–H and O–H groups in total. The first-order valence-corrected chi connectivity index (χ1v) is 6.16. The van der Waals surface area contributed by atoms with Gasteiger partial charge >= 0.3 is 0 Å². The normalized spacial score (nSPS) is 37.1. The molecule has 1 saturated carbocycles. The van der Waals surface area contributed by atoms with Crippen molar-refractivity contribution < 1.29 is 0 Å². The van der Waals surface area contributed by atoms with Crippen LogP contribution in [0.3, 0.4) is 0 Å². The lowest BCUT2D eigenvalue weighted by Gasteiger charge is -2.53. The van der Waals surface area contributed by atoms with E-state index in [9.17, 15) is 0 Å². The van der Waals surface area contributed by atoms with Crippen LogP contribution in [0.1, 0.15) is 46.0 Å². The molecule has 2 aliphatic heterocycles. The van der Waals surface area contributed by atoms with E-state index in [-0.39, 0.29) is 5.54 Å². The summed E-state index contributed by atoms with van der Waals surface area (Å²) in [5, 5.41) is 0. The fraction of sp³-hybridized carbons (Fsp3) is 1.00. The zero-order chi connectivity index (χ0) is 10.2. The third-order valence-corrected chi connectivity index (χ3v) is 4.61. The zero-order valence-corrected chi connectivity index (χ0v) is 9.63. The van der Waals surface area contributed by atoms with Gasteiger partial charge in [0.1, 0.15) is 0 Å². The van der Waals surface area contributed by atoms with Gasteiger partial charge in [-0.05, 0) is 44.9 Å². The maximum Gasteiger partial charge on any atom is 0.0304 e. The van der Waals surface area contributed by atoms with Crippen LogP contribution in [0, 0.1) is 5.92 Å². The quantitative estimate of drug-likeness (QED) is 0.748. The van der Waals surface area contributed by atoms with Gasteiger partial charge in [-0.25, -0.2) is 0 Å². The minimum Gasteiger partial charge on any atom is -0.329 e. The van der Waals surface area contributed by atoms with E-state index in [0.29, 0.717) is 0 Å². The predicted molar refractivity (Wildman–Crippen MR) is 60.2 cm³/mol. The number of nitrogens with zero attached hydrogens (tertiary/aromatic N) is 1. The highest BCUT2D eigenvalue weighted by Gasteiger charge is 2.41. The number of rotatable bonds is 3. The largest absolute Gasteiger partial charge is 0.329 e. The van der Waals surface area contributed by atoms with Crippen LogP contribution in [-0.4, -0.2) is 29.6 Å². The smallest absolute Gasteiger partial charge is 0.0304 e. The molecule has 2 bridgehead atoms. The van der Waals surface area contributed by atoms with Crippen molar-refractivity contribution >= 4 is 0 Å². The lowest BCUT2D eigenvalue weighted by atomic mass is 9.76. The first-order chi connectivity index (χ1) is 6.69. The molecule has 0 aromatic carbocycles. The number of nitrogens with two attached hydrogens (primary N) is 1. The first kappa shape index (κ1) is 10.4. The van der Waals surface area contributed by atoms with Crippen LogP contribution in [0.4, 0.5) is 0 Å². The molecule has 2 heteroatoms. The molecule has 0 radical (unpaired) electrons. The van der Waals surface area contributed by atoms with Crippen molar-refractivity contribution in [1.82, 2.24) is 4.90 Å². The molecule has 82 valence electrons. The predicted octanol–water partition coefficient (Wildman–Crippen LogP) is 1.99. The van der Waals surface area contributed by atoms with Crippen LogP contribution in [0.25, 0.3) is 0 Å². The second-order valence-corrected chi connectivity index (χ2v) is 5.38.